The summed E-state index contributed by atoms with van der Waals surface area (Å²) in [7, 11) is 0. The Bertz CT molecular complexity index is 813. The van der Waals surface area contributed by atoms with Crippen LogP contribution >= 0.6 is 23.2 Å². The van der Waals surface area contributed by atoms with E-state index in [-0.39, 0.29) is 19.1 Å². The van der Waals surface area contributed by atoms with Crippen LogP contribution in [0.1, 0.15) is 12.5 Å². The molecule has 1 heterocycles. The first-order valence-corrected chi connectivity index (χ1v) is 8.45. The Labute approximate surface area is 155 Å². The van der Waals surface area contributed by atoms with Crippen LogP contribution in [0.3, 0.4) is 0 Å². The van der Waals surface area contributed by atoms with Crippen molar-refractivity contribution in [2.45, 2.75) is 12.5 Å². The molecule has 7 heteroatoms. The molecule has 1 fully saturated rings. The molecule has 1 N–H and O–H groups in total. The summed E-state index contributed by atoms with van der Waals surface area (Å²) >= 11 is 12.1. The SMILES string of the molecule is C[C@]1(c2ccc(Cl)cc2Cl)NC(=O)N(CCOc2ccccc2)C1=O. The Morgan fingerprint density at radius 2 is 1.84 bits per heavy atom. The molecular formula is C18H16Cl2N2O3. The van der Waals surface area contributed by atoms with Crippen LogP contribution in [0.15, 0.2) is 48.5 Å². The maximum absolute atomic E-state index is 12.8. The van der Waals surface area contributed by atoms with Crippen LogP contribution in [0.25, 0.3) is 0 Å². The number of hydrogen-bond donors (Lipinski definition) is 1. The zero-order chi connectivity index (χ0) is 18.0. The molecule has 1 saturated heterocycles. The topological polar surface area (TPSA) is 58.6 Å². The second-order valence-corrected chi connectivity index (χ2v) is 6.64. The van der Waals surface area contributed by atoms with Crippen molar-refractivity contribution >= 4 is 35.1 Å². The van der Waals surface area contributed by atoms with Crippen LogP contribution in [0.2, 0.25) is 10.0 Å². The number of imide groups is 1. The molecule has 1 aliphatic rings. The van der Waals surface area contributed by atoms with Crippen LogP contribution in [0.5, 0.6) is 5.75 Å². The fraction of sp³-hybridized carbons (Fsp3) is 0.222. The van der Waals surface area contributed by atoms with Gasteiger partial charge in [0.15, 0.2) is 0 Å². The summed E-state index contributed by atoms with van der Waals surface area (Å²) < 4.78 is 5.56. The Morgan fingerprint density at radius 1 is 1.12 bits per heavy atom. The first kappa shape index (κ1) is 17.6. The molecule has 0 bridgehead atoms. The highest BCUT2D eigenvalue weighted by molar-refractivity contribution is 6.35. The third-order valence-electron chi connectivity index (χ3n) is 4.07. The van der Waals surface area contributed by atoms with Gasteiger partial charge in [0.2, 0.25) is 0 Å². The van der Waals surface area contributed by atoms with Crippen molar-refractivity contribution in [3.8, 4) is 5.75 Å². The summed E-state index contributed by atoms with van der Waals surface area (Å²) in [5.41, 5.74) is -0.728. The fourth-order valence-electron chi connectivity index (χ4n) is 2.75. The van der Waals surface area contributed by atoms with Crippen molar-refractivity contribution < 1.29 is 14.3 Å². The van der Waals surface area contributed by atoms with Crippen LogP contribution in [0, 0.1) is 0 Å². The molecule has 0 spiro atoms. The molecule has 3 rings (SSSR count). The minimum Gasteiger partial charge on any atom is -0.492 e. The lowest BCUT2D eigenvalue weighted by Crippen LogP contribution is -2.41. The Balaban J connectivity index is 1.73. The summed E-state index contributed by atoms with van der Waals surface area (Å²) in [6.45, 7) is 1.97. The molecule has 3 amide bonds. The van der Waals surface area contributed by atoms with Gasteiger partial charge in [0.25, 0.3) is 5.91 Å². The van der Waals surface area contributed by atoms with E-state index >= 15 is 0 Å². The highest BCUT2D eigenvalue weighted by Gasteiger charge is 2.49. The third kappa shape index (κ3) is 3.43. The maximum atomic E-state index is 12.8. The van der Waals surface area contributed by atoms with E-state index in [2.05, 4.69) is 5.32 Å². The molecule has 1 atom stereocenters. The number of carbonyl (C=O) groups is 2. The molecule has 0 aromatic heterocycles. The molecular weight excluding hydrogens is 363 g/mol. The summed E-state index contributed by atoms with van der Waals surface area (Å²) in [6, 6.07) is 13.5. The zero-order valence-corrected chi connectivity index (χ0v) is 15.0. The van der Waals surface area contributed by atoms with E-state index < -0.39 is 11.6 Å². The van der Waals surface area contributed by atoms with Gasteiger partial charge in [0.1, 0.15) is 17.9 Å². The van der Waals surface area contributed by atoms with E-state index in [9.17, 15) is 9.59 Å². The largest absolute Gasteiger partial charge is 0.492 e. The van der Waals surface area contributed by atoms with Crippen molar-refractivity contribution in [2.75, 3.05) is 13.2 Å². The molecule has 5 nitrogen and oxygen atoms in total. The summed E-state index contributed by atoms with van der Waals surface area (Å²) in [5.74, 6) is 0.302. The Morgan fingerprint density at radius 3 is 2.52 bits per heavy atom. The molecule has 0 aliphatic carbocycles. The second kappa shape index (κ2) is 6.94. The average molecular weight is 379 g/mol. The van der Waals surface area contributed by atoms with E-state index in [1.807, 2.05) is 30.3 Å². The summed E-state index contributed by atoms with van der Waals surface area (Å²) in [4.78, 5) is 26.2. The lowest BCUT2D eigenvalue weighted by Gasteiger charge is -2.23. The number of urea groups is 1. The van der Waals surface area contributed by atoms with E-state index in [0.29, 0.717) is 21.4 Å². The minimum absolute atomic E-state index is 0.139. The number of carbonyl (C=O) groups excluding carboxylic acids is 2. The number of hydrogen-bond acceptors (Lipinski definition) is 3. The minimum atomic E-state index is -1.23. The molecule has 0 radical (unpaired) electrons. The van der Waals surface area contributed by atoms with Crippen molar-refractivity contribution in [3.63, 3.8) is 0 Å². The van der Waals surface area contributed by atoms with Gasteiger partial charge in [-0.2, -0.15) is 0 Å². The molecule has 2 aromatic carbocycles. The summed E-state index contributed by atoms with van der Waals surface area (Å²) in [5, 5.41) is 3.50. The maximum Gasteiger partial charge on any atom is 0.325 e. The first-order chi connectivity index (χ1) is 11.9. The quantitative estimate of drug-likeness (QED) is 0.804. The van der Waals surface area contributed by atoms with Crippen LogP contribution in [-0.4, -0.2) is 30.0 Å². The van der Waals surface area contributed by atoms with E-state index in [1.165, 1.54) is 0 Å². The third-order valence-corrected chi connectivity index (χ3v) is 4.62. The van der Waals surface area contributed by atoms with Crippen molar-refractivity contribution in [3.05, 3.63) is 64.1 Å². The molecule has 130 valence electrons. The van der Waals surface area contributed by atoms with Gasteiger partial charge in [0.05, 0.1) is 6.54 Å². The fourth-order valence-corrected chi connectivity index (χ4v) is 3.35. The van der Waals surface area contributed by atoms with Gasteiger partial charge in [0, 0.05) is 15.6 Å². The lowest BCUT2D eigenvalue weighted by atomic mass is 9.92. The van der Waals surface area contributed by atoms with Crippen LogP contribution in [-0.2, 0) is 10.3 Å². The smallest absolute Gasteiger partial charge is 0.325 e. The van der Waals surface area contributed by atoms with E-state index in [4.69, 9.17) is 27.9 Å². The predicted octanol–water partition coefficient (Wildman–Crippen LogP) is 3.84. The predicted molar refractivity (Wildman–Crippen MR) is 96.0 cm³/mol. The second-order valence-electron chi connectivity index (χ2n) is 5.80. The highest BCUT2D eigenvalue weighted by Crippen LogP contribution is 2.34. The monoisotopic (exact) mass is 378 g/mol. The number of para-hydroxylation sites is 1. The number of ether oxygens (including phenoxy) is 1. The molecule has 1 aliphatic heterocycles. The van der Waals surface area contributed by atoms with Crippen molar-refractivity contribution in [1.82, 2.24) is 10.2 Å². The number of amides is 3. The normalized spacial score (nSPS) is 19.9. The average Bonchev–Trinajstić information content (AvgIpc) is 2.79. The van der Waals surface area contributed by atoms with Gasteiger partial charge in [-0.3, -0.25) is 9.69 Å². The Hall–Kier alpha value is -2.24. The number of nitrogens with one attached hydrogen (secondary N) is 1. The molecule has 0 unspecified atom stereocenters. The molecule has 25 heavy (non-hydrogen) atoms. The van der Waals surface area contributed by atoms with E-state index in [1.54, 1.807) is 25.1 Å². The van der Waals surface area contributed by atoms with Crippen LogP contribution in [0.4, 0.5) is 4.79 Å². The van der Waals surface area contributed by atoms with Gasteiger partial charge < -0.3 is 10.1 Å². The van der Waals surface area contributed by atoms with Crippen LogP contribution < -0.4 is 10.1 Å². The molecule has 2 aromatic rings. The van der Waals surface area contributed by atoms with Gasteiger partial charge >= 0.3 is 6.03 Å². The van der Waals surface area contributed by atoms with Gasteiger partial charge in [-0.05, 0) is 31.2 Å². The number of halogens is 2. The molecule has 0 saturated carbocycles. The summed E-state index contributed by atoms with van der Waals surface area (Å²) in [6.07, 6.45) is 0. The first-order valence-electron chi connectivity index (χ1n) is 7.69. The van der Waals surface area contributed by atoms with Gasteiger partial charge in [-0.15, -0.1) is 0 Å². The standard InChI is InChI=1S/C18H16Cl2N2O3/c1-18(14-8-7-12(19)11-15(14)20)16(23)22(17(24)21-18)9-10-25-13-5-3-2-4-6-13/h2-8,11H,9-10H2,1H3,(H,21,24)/t18-/m1/s1. The number of nitrogens with zero attached hydrogens (tertiary/aromatic N) is 1. The van der Waals surface area contributed by atoms with Crippen molar-refractivity contribution in [2.24, 2.45) is 0 Å². The van der Waals surface area contributed by atoms with Gasteiger partial charge in [-0.25, -0.2) is 4.79 Å². The van der Waals surface area contributed by atoms with Gasteiger partial charge in [-0.1, -0.05) is 47.5 Å². The lowest BCUT2D eigenvalue weighted by molar-refractivity contribution is -0.131. The number of rotatable bonds is 5. The van der Waals surface area contributed by atoms with Crippen molar-refractivity contribution in [1.29, 1.82) is 0 Å². The van der Waals surface area contributed by atoms with E-state index in [0.717, 1.165) is 4.90 Å². The highest BCUT2D eigenvalue weighted by atomic mass is 35.5. The Kier molecular flexibility index (Phi) is 4.88. The number of benzene rings is 2. The zero-order valence-electron chi connectivity index (χ0n) is 13.5.